The lowest BCUT2D eigenvalue weighted by Gasteiger charge is -2.11. The van der Waals surface area contributed by atoms with Gasteiger partial charge in [0.25, 0.3) is 0 Å². The van der Waals surface area contributed by atoms with Crippen LogP contribution in [0.5, 0.6) is 0 Å². The molecule has 0 unspecified atom stereocenters. The number of rotatable bonds is 7. The first-order valence-electron chi connectivity index (χ1n) is 8.05. The van der Waals surface area contributed by atoms with Crippen LogP contribution in [0.15, 0.2) is 29.4 Å². The van der Waals surface area contributed by atoms with E-state index in [4.69, 9.17) is 0 Å². The lowest BCUT2D eigenvalue weighted by Crippen LogP contribution is -2.37. The Balaban J connectivity index is 1.86. The van der Waals surface area contributed by atoms with Crippen molar-refractivity contribution in [2.24, 2.45) is 4.99 Å². The number of benzene rings is 1. The third-order valence-electron chi connectivity index (χ3n) is 3.61. The molecule has 0 atom stereocenters. The van der Waals surface area contributed by atoms with Gasteiger partial charge in [-0.25, -0.2) is 13.8 Å². The Morgan fingerprint density at radius 2 is 2.08 bits per heavy atom. The molecule has 2 rings (SSSR count). The van der Waals surface area contributed by atoms with Crippen LogP contribution in [-0.2, 0) is 13.0 Å². The molecule has 0 saturated heterocycles. The minimum atomic E-state index is -0.463. The fourth-order valence-corrected chi connectivity index (χ4v) is 2.28. The Morgan fingerprint density at radius 1 is 1.25 bits per heavy atom. The lowest BCUT2D eigenvalue weighted by atomic mass is 10.1. The average Bonchev–Trinajstić information content (AvgIpc) is 2.97. The third kappa shape index (κ3) is 5.33. The number of guanidine groups is 1. The molecule has 0 aliphatic heterocycles. The van der Waals surface area contributed by atoms with Crippen molar-refractivity contribution >= 4 is 5.96 Å². The largest absolute Gasteiger partial charge is 0.357 e. The molecule has 0 spiro atoms. The SMILES string of the molecule is CCNC(=NCc1cc(F)ccc1F)NCCCc1cn[nH]c1C. The molecule has 5 nitrogen and oxygen atoms in total. The van der Waals surface area contributed by atoms with Crippen LogP contribution in [-0.4, -0.2) is 29.2 Å². The van der Waals surface area contributed by atoms with Crippen LogP contribution in [0.2, 0.25) is 0 Å². The minimum Gasteiger partial charge on any atom is -0.357 e. The van der Waals surface area contributed by atoms with E-state index >= 15 is 0 Å². The van der Waals surface area contributed by atoms with Crippen molar-refractivity contribution in [3.63, 3.8) is 0 Å². The van der Waals surface area contributed by atoms with E-state index in [1.807, 2.05) is 20.0 Å². The molecule has 1 aromatic heterocycles. The number of hydrogen-bond acceptors (Lipinski definition) is 2. The van der Waals surface area contributed by atoms with Crippen LogP contribution in [0.3, 0.4) is 0 Å². The van der Waals surface area contributed by atoms with Gasteiger partial charge < -0.3 is 10.6 Å². The lowest BCUT2D eigenvalue weighted by molar-refractivity contribution is 0.585. The van der Waals surface area contributed by atoms with Crippen molar-refractivity contribution in [1.29, 1.82) is 0 Å². The summed E-state index contributed by atoms with van der Waals surface area (Å²) in [5.74, 6) is -0.327. The zero-order valence-corrected chi connectivity index (χ0v) is 14.0. The minimum absolute atomic E-state index is 0.0831. The van der Waals surface area contributed by atoms with E-state index in [-0.39, 0.29) is 12.1 Å². The molecule has 0 fully saturated rings. The first kappa shape index (κ1) is 17.9. The van der Waals surface area contributed by atoms with Gasteiger partial charge in [0.15, 0.2) is 5.96 Å². The predicted octanol–water partition coefficient (Wildman–Crippen LogP) is 2.68. The number of aliphatic imine (C=N–C) groups is 1. The van der Waals surface area contributed by atoms with Gasteiger partial charge in [-0.05, 0) is 50.5 Å². The summed E-state index contributed by atoms with van der Waals surface area (Å²) in [6.07, 6.45) is 3.66. The smallest absolute Gasteiger partial charge is 0.191 e. The van der Waals surface area contributed by atoms with Crippen LogP contribution in [0.1, 0.15) is 30.2 Å². The molecule has 0 aliphatic carbocycles. The van der Waals surface area contributed by atoms with E-state index in [1.165, 1.54) is 11.6 Å². The maximum absolute atomic E-state index is 13.6. The van der Waals surface area contributed by atoms with Gasteiger partial charge >= 0.3 is 0 Å². The van der Waals surface area contributed by atoms with Gasteiger partial charge in [0.05, 0.1) is 12.7 Å². The Bertz CT molecular complexity index is 681. The maximum atomic E-state index is 13.6. The molecule has 24 heavy (non-hydrogen) atoms. The Labute approximate surface area is 140 Å². The Kier molecular flexibility index (Phi) is 6.72. The van der Waals surface area contributed by atoms with Gasteiger partial charge in [-0.15, -0.1) is 0 Å². The molecule has 2 aromatic rings. The molecular formula is C17H23F2N5. The summed E-state index contributed by atoms with van der Waals surface area (Å²) in [5, 5.41) is 13.2. The van der Waals surface area contributed by atoms with Crippen molar-refractivity contribution < 1.29 is 8.78 Å². The molecule has 0 bridgehead atoms. The molecule has 7 heteroatoms. The van der Waals surface area contributed by atoms with Crippen LogP contribution in [0.4, 0.5) is 8.78 Å². The molecule has 0 amide bonds. The summed E-state index contributed by atoms with van der Waals surface area (Å²) >= 11 is 0. The second kappa shape index (κ2) is 9.00. The highest BCUT2D eigenvalue weighted by molar-refractivity contribution is 5.79. The van der Waals surface area contributed by atoms with Crippen molar-refractivity contribution in [3.8, 4) is 0 Å². The molecule has 0 aliphatic rings. The summed E-state index contributed by atoms with van der Waals surface area (Å²) in [6.45, 7) is 5.45. The molecule has 1 heterocycles. The topological polar surface area (TPSA) is 65.1 Å². The van der Waals surface area contributed by atoms with Gasteiger partial charge in [-0.2, -0.15) is 5.10 Å². The van der Waals surface area contributed by atoms with E-state index in [0.29, 0.717) is 12.5 Å². The number of nitrogens with one attached hydrogen (secondary N) is 3. The quantitative estimate of drug-likeness (QED) is 0.414. The van der Waals surface area contributed by atoms with E-state index in [0.717, 1.165) is 37.2 Å². The second-order valence-corrected chi connectivity index (χ2v) is 5.48. The first-order chi connectivity index (χ1) is 11.6. The summed E-state index contributed by atoms with van der Waals surface area (Å²) in [5.41, 5.74) is 2.51. The number of aromatic nitrogens is 2. The monoisotopic (exact) mass is 335 g/mol. The van der Waals surface area contributed by atoms with Gasteiger partial charge in [0.2, 0.25) is 0 Å². The molecular weight excluding hydrogens is 312 g/mol. The number of aryl methyl sites for hydroxylation is 2. The number of hydrogen-bond donors (Lipinski definition) is 3. The summed E-state index contributed by atoms with van der Waals surface area (Å²) in [4.78, 5) is 4.31. The second-order valence-electron chi connectivity index (χ2n) is 5.48. The van der Waals surface area contributed by atoms with Crippen LogP contribution >= 0.6 is 0 Å². The van der Waals surface area contributed by atoms with Gasteiger partial charge in [0, 0.05) is 24.3 Å². The summed E-state index contributed by atoms with van der Waals surface area (Å²) in [6, 6.07) is 3.39. The average molecular weight is 335 g/mol. The van der Waals surface area contributed by atoms with Crippen molar-refractivity contribution in [1.82, 2.24) is 20.8 Å². The van der Waals surface area contributed by atoms with Crippen molar-refractivity contribution in [2.75, 3.05) is 13.1 Å². The normalized spacial score (nSPS) is 11.6. The summed E-state index contributed by atoms with van der Waals surface area (Å²) in [7, 11) is 0. The highest BCUT2D eigenvalue weighted by Gasteiger charge is 2.05. The number of nitrogens with zero attached hydrogens (tertiary/aromatic N) is 2. The van der Waals surface area contributed by atoms with Crippen LogP contribution in [0.25, 0.3) is 0 Å². The molecule has 0 saturated carbocycles. The fraction of sp³-hybridized carbons (Fsp3) is 0.412. The van der Waals surface area contributed by atoms with Gasteiger partial charge in [-0.3, -0.25) is 5.10 Å². The van der Waals surface area contributed by atoms with E-state index in [1.54, 1.807) is 0 Å². The van der Waals surface area contributed by atoms with Crippen LogP contribution in [0, 0.1) is 18.6 Å². The predicted molar refractivity (Wildman–Crippen MR) is 90.8 cm³/mol. The Morgan fingerprint density at radius 3 is 2.79 bits per heavy atom. The highest BCUT2D eigenvalue weighted by atomic mass is 19.1. The highest BCUT2D eigenvalue weighted by Crippen LogP contribution is 2.10. The standard InChI is InChI=1S/C17H23F2N5/c1-3-20-17(21-8-4-5-13-11-23-24-12(13)2)22-10-14-9-15(18)6-7-16(14)19/h6-7,9,11H,3-5,8,10H2,1-2H3,(H,23,24)(H2,20,21,22). The van der Waals surface area contributed by atoms with E-state index < -0.39 is 11.6 Å². The fourth-order valence-electron chi connectivity index (χ4n) is 2.28. The zero-order valence-electron chi connectivity index (χ0n) is 14.0. The number of aromatic amines is 1. The molecule has 1 aromatic carbocycles. The first-order valence-corrected chi connectivity index (χ1v) is 8.05. The maximum Gasteiger partial charge on any atom is 0.191 e. The van der Waals surface area contributed by atoms with Crippen molar-refractivity contribution in [3.05, 3.63) is 52.9 Å². The van der Waals surface area contributed by atoms with E-state index in [2.05, 4.69) is 25.8 Å². The molecule has 3 N–H and O–H groups in total. The van der Waals surface area contributed by atoms with Gasteiger partial charge in [0.1, 0.15) is 11.6 Å². The van der Waals surface area contributed by atoms with Gasteiger partial charge in [-0.1, -0.05) is 0 Å². The molecule has 130 valence electrons. The number of H-pyrrole nitrogens is 1. The van der Waals surface area contributed by atoms with Crippen LogP contribution < -0.4 is 10.6 Å². The summed E-state index contributed by atoms with van der Waals surface area (Å²) < 4.78 is 26.8. The zero-order chi connectivity index (χ0) is 17.4. The van der Waals surface area contributed by atoms with Crippen molar-refractivity contribution in [2.45, 2.75) is 33.2 Å². The Hall–Kier alpha value is -2.44. The molecule has 0 radical (unpaired) electrons. The third-order valence-corrected chi connectivity index (χ3v) is 3.61. The van der Waals surface area contributed by atoms with E-state index in [9.17, 15) is 8.78 Å². The number of halogens is 2.